The Bertz CT molecular complexity index is 1360. The largest absolute Gasteiger partial charge is 0.415 e. The summed E-state index contributed by atoms with van der Waals surface area (Å²) in [5.74, 6) is -1.50. The number of likely N-dealkylation sites (N-methyl/N-ethyl adjacent to an activating group) is 1. The summed E-state index contributed by atoms with van der Waals surface area (Å²) >= 11 is 0. The molecule has 1 aliphatic rings. The van der Waals surface area contributed by atoms with Crippen LogP contribution in [0.25, 0.3) is 22.7 Å². The second kappa shape index (κ2) is 10.3. The summed E-state index contributed by atoms with van der Waals surface area (Å²) in [5.41, 5.74) is 3.35. The number of piperazine rings is 1. The van der Waals surface area contributed by atoms with Crippen LogP contribution >= 0.6 is 0 Å². The summed E-state index contributed by atoms with van der Waals surface area (Å²) in [5, 5.41) is 15.3. The van der Waals surface area contributed by atoms with Crippen molar-refractivity contribution in [3.8, 4) is 22.7 Å². The van der Waals surface area contributed by atoms with Crippen LogP contribution in [-0.2, 0) is 6.54 Å². The van der Waals surface area contributed by atoms with Crippen molar-refractivity contribution >= 4 is 5.69 Å². The van der Waals surface area contributed by atoms with Gasteiger partial charge in [-0.1, -0.05) is 30.3 Å². The van der Waals surface area contributed by atoms with Gasteiger partial charge in [-0.2, -0.15) is 8.78 Å². The van der Waals surface area contributed by atoms with E-state index in [0.717, 1.165) is 30.9 Å². The number of rotatable bonds is 7. The van der Waals surface area contributed by atoms with Crippen LogP contribution in [0, 0.1) is 5.82 Å². The third-order valence-corrected chi connectivity index (χ3v) is 6.77. The number of halogens is 3. The Hall–Kier alpha value is -3.73. The van der Waals surface area contributed by atoms with Crippen molar-refractivity contribution in [1.82, 2.24) is 30.1 Å². The van der Waals surface area contributed by atoms with E-state index in [4.69, 9.17) is 4.42 Å². The van der Waals surface area contributed by atoms with E-state index in [1.165, 1.54) is 12.1 Å². The molecule has 5 rings (SSSR count). The molecule has 1 aliphatic heterocycles. The molecule has 2 atom stereocenters. The minimum Gasteiger partial charge on any atom is -0.415 e. The second-order valence-electron chi connectivity index (χ2n) is 9.34. The van der Waals surface area contributed by atoms with Crippen molar-refractivity contribution in [3.63, 3.8) is 0 Å². The van der Waals surface area contributed by atoms with Gasteiger partial charge in [-0.25, -0.2) is 9.07 Å². The van der Waals surface area contributed by atoms with Crippen LogP contribution in [0.3, 0.4) is 0 Å². The molecule has 37 heavy (non-hydrogen) atoms. The van der Waals surface area contributed by atoms with Gasteiger partial charge in [0.1, 0.15) is 11.5 Å². The van der Waals surface area contributed by atoms with Crippen molar-refractivity contribution < 1.29 is 17.6 Å². The van der Waals surface area contributed by atoms with Gasteiger partial charge in [-0.15, -0.1) is 15.3 Å². The highest BCUT2D eigenvalue weighted by atomic mass is 19.3. The first-order valence-corrected chi connectivity index (χ1v) is 12.2. The molecule has 0 saturated carbocycles. The van der Waals surface area contributed by atoms with Crippen LogP contribution in [0.4, 0.5) is 18.9 Å². The summed E-state index contributed by atoms with van der Waals surface area (Å²) in [6.07, 6.45) is -1.11. The van der Waals surface area contributed by atoms with Gasteiger partial charge < -0.3 is 9.32 Å². The van der Waals surface area contributed by atoms with Crippen LogP contribution in [0.1, 0.15) is 38.7 Å². The summed E-state index contributed by atoms with van der Waals surface area (Å²) in [7, 11) is 0. The molecule has 8 nitrogen and oxygen atoms in total. The molecule has 0 bridgehead atoms. The van der Waals surface area contributed by atoms with E-state index < -0.39 is 18.1 Å². The number of hydrogen-bond donors (Lipinski definition) is 0. The molecule has 0 unspecified atom stereocenters. The average Bonchev–Trinajstić information content (AvgIpc) is 3.56. The molecule has 2 aromatic carbocycles. The molecule has 194 valence electrons. The lowest BCUT2D eigenvalue weighted by Crippen LogP contribution is -2.56. The van der Waals surface area contributed by atoms with E-state index in [2.05, 4.69) is 63.2 Å². The molecule has 11 heteroatoms. The fraction of sp³-hybridized carbons (Fsp3) is 0.385. The molecule has 2 aromatic heterocycles. The summed E-state index contributed by atoms with van der Waals surface area (Å²) in [6, 6.07) is 13.4. The van der Waals surface area contributed by atoms with Crippen LogP contribution < -0.4 is 4.90 Å². The molecular formula is C26H28F3N7O. The van der Waals surface area contributed by atoms with E-state index in [1.54, 1.807) is 16.9 Å². The molecule has 4 aromatic rings. The van der Waals surface area contributed by atoms with Gasteiger partial charge in [0.05, 0.1) is 12.7 Å². The second-order valence-corrected chi connectivity index (χ2v) is 9.34. The topological polar surface area (TPSA) is 76.1 Å². The minimum absolute atomic E-state index is 0.152. The fourth-order valence-electron chi connectivity index (χ4n) is 4.98. The lowest BCUT2D eigenvalue weighted by Gasteiger charge is -2.45. The highest BCUT2D eigenvalue weighted by Gasteiger charge is 2.28. The molecule has 0 spiro atoms. The number of benzene rings is 2. The van der Waals surface area contributed by atoms with Gasteiger partial charge >= 0.3 is 6.43 Å². The van der Waals surface area contributed by atoms with Crippen molar-refractivity contribution in [1.29, 1.82) is 0 Å². The normalized spacial score (nSPS) is 18.6. The molecule has 3 heterocycles. The van der Waals surface area contributed by atoms with Crippen LogP contribution in [0.2, 0.25) is 0 Å². The lowest BCUT2D eigenvalue weighted by molar-refractivity contribution is 0.116. The Balaban J connectivity index is 1.30. The third-order valence-electron chi connectivity index (χ3n) is 6.77. The maximum atomic E-state index is 14.8. The predicted octanol–water partition coefficient (Wildman–Crippen LogP) is 5.04. The molecular weight excluding hydrogens is 483 g/mol. The number of aromatic nitrogens is 5. The van der Waals surface area contributed by atoms with Crippen LogP contribution in [0.5, 0.6) is 0 Å². The number of nitrogens with zero attached hydrogens (tertiary/aromatic N) is 7. The van der Waals surface area contributed by atoms with Gasteiger partial charge in [-0.05, 0) is 44.7 Å². The minimum atomic E-state index is -2.88. The Morgan fingerprint density at radius 3 is 2.46 bits per heavy atom. The highest BCUT2D eigenvalue weighted by molar-refractivity contribution is 5.65. The van der Waals surface area contributed by atoms with E-state index in [0.29, 0.717) is 23.3 Å². The zero-order chi connectivity index (χ0) is 26.1. The maximum absolute atomic E-state index is 14.8. The average molecular weight is 512 g/mol. The molecule has 0 radical (unpaired) electrons. The maximum Gasteiger partial charge on any atom is 0.314 e. The van der Waals surface area contributed by atoms with Gasteiger partial charge in [-0.3, -0.25) is 4.90 Å². The number of alkyl halides is 2. The smallest absolute Gasteiger partial charge is 0.314 e. The monoisotopic (exact) mass is 511 g/mol. The van der Waals surface area contributed by atoms with Gasteiger partial charge in [0, 0.05) is 47.6 Å². The Morgan fingerprint density at radius 1 is 1.00 bits per heavy atom. The Kier molecular flexibility index (Phi) is 6.96. The standard InChI is InChI=1S/C26H28F3N7O/c1-4-36-16(2)12-34(13-17(36)3)21-7-5-6-18(10-21)23-15-35(33-30-23)14-20-9-8-19(11-22(20)27)25-31-32-26(37-25)24(28)29/h5-11,15-17,24H,4,12-14H2,1-3H3/t16-,17+. The molecule has 0 N–H and O–H groups in total. The SMILES string of the molecule is CCN1[C@H](C)CN(c2cccc(-c3cn(Cc4ccc(-c5nnc(C(F)F)o5)cc4F)nn3)c2)C[C@@H]1C. The van der Waals surface area contributed by atoms with Crippen molar-refractivity contribution in [2.75, 3.05) is 24.5 Å². The van der Waals surface area contributed by atoms with Gasteiger partial charge in [0.15, 0.2) is 0 Å². The van der Waals surface area contributed by atoms with Gasteiger partial charge in [0.2, 0.25) is 5.89 Å². The third kappa shape index (κ3) is 5.22. The highest BCUT2D eigenvalue weighted by Crippen LogP contribution is 2.28. The Morgan fingerprint density at radius 2 is 1.78 bits per heavy atom. The van der Waals surface area contributed by atoms with Crippen LogP contribution in [0.15, 0.2) is 53.1 Å². The molecule has 0 amide bonds. The molecule has 0 aliphatic carbocycles. The molecule has 1 fully saturated rings. The fourth-order valence-corrected chi connectivity index (χ4v) is 4.98. The van der Waals surface area contributed by atoms with E-state index >= 15 is 0 Å². The first-order valence-electron chi connectivity index (χ1n) is 12.2. The van der Waals surface area contributed by atoms with Crippen molar-refractivity contribution in [2.24, 2.45) is 0 Å². The quantitative estimate of drug-likeness (QED) is 0.344. The van der Waals surface area contributed by atoms with E-state index in [1.807, 2.05) is 12.1 Å². The number of hydrogen-bond acceptors (Lipinski definition) is 7. The van der Waals surface area contributed by atoms with E-state index in [-0.39, 0.29) is 18.0 Å². The van der Waals surface area contributed by atoms with Crippen molar-refractivity contribution in [2.45, 2.75) is 45.8 Å². The molecule has 1 saturated heterocycles. The van der Waals surface area contributed by atoms with E-state index in [9.17, 15) is 13.2 Å². The first kappa shape index (κ1) is 24.9. The lowest BCUT2D eigenvalue weighted by atomic mass is 10.1. The zero-order valence-corrected chi connectivity index (χ0v) is 20.9. The van der Waals surface area contributed by atoms with Crippen LogP contribution in [-0.4, -0.2) is 61.8 Å². The number of anilines is 1. The first-order chi connectivity index (χ1) is 17.8. The summed E-state index contributed by atoms with van der Waals surface area (Å²) in [6.45, 7) is 9.82. The summed E-state index contributed by atoms with van der Waals surface area (Å²) in [4.78, 5) is 4.92. The Labute approximate surface area is 212 Å². The van der Waals surface area contributed by atoms with Crippen molar-refractivity contribution in [3.05, 3.63) is 65.9 Å². The predicted molar refractivity (Wildman–Crippen MR) is 133 cm³/mol. The zero-order valence-electron chi connectivity index (χ0n) is 20.9. The summed E-state index contributed by atoms with van der Waals surface area (Å²) < 4.78 is 46.6. The van der Waals surface area contributed by atoms with Gasteiger partial charge in [0.25, 0.3) is 5.89 Å².